The zero-order valence-corrected chi connectivity index (χ0v) is 20.9. The summed E-state index contributed by atoms with van der Waals surface area (Å²) in [6.07, 6.45) is 1.08. The van der Waals surface area contributed by atoms with Crippen molar-refractivity contribution in [3.63, 3.8) is 0 Å². The summed E-state index contributed by atoms with van der Waals surface area (Å²) in [5.74, 6) is -0.393. The van der Waals surface area contributed by atoms with Crippen molar-refractivity contribution >= 4 is 23.0 Å². The third-order valence-electron chi connectivity index (χ3n) is 6.36. The Morgan fingerprint density at radius 1 is 0.789 bits per heavy atom. The summed E-state index contributed by atoms with van der Waals surface area (Å²) in [7, 11) is 1.96. The highest BCUT2D eigenvalue weighted by Crippen LogP contribution is 2.37. The predicted molar refractivity (Wildman–Crippen MR) is 152 cm³/mol. The second kappa shape index (κ2) is 10.7. The van der Waals surface area contributed by atoms with Gasteiger partial charge in [0.1, 0.15) is 17.4 Å². The number of hydrogen-bond acceptors (Lipinski definition) is 4. The third kappa shape index (κ3) is 4.71. The van der Waals surface area contributed by atoms with E-state index in [1.54, 1.807) is 12.1 Å². The maximum atomic E-state index is 11.8. The number of rotatable bonds is 7. The lowest BCUT2D eigenvalue weighted by Gasteiger charge is -2.25. The van der Waals surface area contributed by atoms with Crippen LogP contribution in [0.25, 0.3) is 22.5 Å². The molecule has 0 bridgehead atoms. The van der Waals surface area contributed by atoms with Gasteiger partial charge in [-0.2, -0.15) is 5.26 Å². The summed E-state index contributed by atoms with van der Waals surface area (Å²) in [4.78, 5) is 14.0. The van der Waals surface area contributed by atoms with Crippen LogP contribution in [0.15, 0.2) is 128 Å². The van der Waals surface area contributed by atoms with Gasteiger partial charge in [0.05, 0.1) is 0 Å². The molecule has 5 rings (SSSR count). The third-order valence-corrected chi connectivity index (χ3v) is 6.36. The zero-order chi connectivity index (χ0) is 26.5. The van der Waals surface area contributed by atoms with E-state index < -0.39 is 5.97 Å². The van der Waals surface area contributed by atoms with E-state index in [1.165, 1.54) is 0 Å². The lowest BCUT2D eigenvalue weighted by molar-refractivity contribution is -0.128. The van der Waals surface area contributed by atoms with Gasteiger partial charge in [0.25, 0.3) is 0 Å². The molecular weight excluding hydrogens is 470 g/mol. The predicted octanol–water partition coefficient (Wildman–Crippen LogP) is 7.79. The van der Waals surface area contributed by atoms with Crippen LogP contribution in [-0.4, -0.2) is 10.5 Å². The van der Waals surface area contributed by atoms with Crippen molar-refractivity contribution in [1.29, 1.82) is 5.26 Å². The summed E-state index contributed by atoms with van der Waals surface area (Å²) in [6, 6.07) is 40.4. The van der Waals surface area contributed by atoms with Crippen molar-refractivity contribution in [2.75, 3.05) is 4.90 Å². The van der Waals surface area contributed by atoms with Crippen molar-refractivity contribution < 1.29 is 9.53 Å². The Morgan fingerprint density at radius 2 is 1.37 bits per heavy atom. The Hall–Kier alpha value is -5.34. The minimum absolute atomic E-state index is 0.212. The first kappa shape index (κ1) is 24.4. The van der Waals surface area contributed by atoms with Crippen LogP contribution < -0.4 is 9.64 Å². The van der Waals surface area contributed by atoms with Gasteiger partial charge in [0.2, 0.25) is 0 Å². The first-order valence-corrected chi connectivity index (χ1v) is 12.1. The largest absolute Gasteiger partial charge is 0.422 e. The number of aromatic nitrogens is 1. The monoisotopic (exact) mass is 495 g/mol. The molecule has 5 nitrogen and oxygen atoms in total. The normalized spacial score (nSPS) is 10.4. The Bertz CT molecular complexity index is 1590. The van der Waals surface area contributed by atoms with Crippen LogP contribution in [-0.2, 0) is 11.8 Å². The number of hydrogen-bond donors (Lipinski definition) is 0. The van der Waals surface area contributed by atoms with Gasteiger partial charge in [-0.05, 0) is 60.2 Å². The quantitative estimate of drug-likeness (QED) is 0.131. The molecule has 4 aromatic carbocycles. The van der Waals surface area contributed by atoms with Crippen LogP contribution in [0.1, 0.15) is 5.56 Å². The van der Waals surface area contributed by atoms with E-state index in [1.807, 2.05) is 66.2 Å². The maximum Gasteiger partial charge on any atom is 0.335 e. The van der Waals surface area contributed by atoms with Gasteiger partial charge in [-0.25, -0.2) is 4.79 Å². The van der Waals surface area contributed by atoms with Gasteiger partial charge >= 0.3 is 5.97 Å². The first-order valence-electron chi connectivity index (χ1n) is 12.1. The molecule has 0 aliphatic carbocycles. The molecule has 0 aliphatic heterocycles. The fourth-order valence-electron chi connectivity index (χ4n) is 4.55. The first-order chi connectivity index (χ1) is 18.6. The number of nitriles is 1. The number of para-hydroxylation sites is 2. The van der Waals surface area contributed by atoms with Crippen LogP contribution in [0.2, 0.25) is 0 Å². The second-order valence-corrected chi connectivity index (χ2v) is 8.63. The number of ether oxygens (including phenoxy) is 1. The molecule has 0 saturated carbocycles. The van der Waals surface area contributed by atoms with Crippen molar-refractivity contribution in [2.24, 2.45) is 7.05 Å². The molecule has 0 atom stereocenters. The highest BCUT2D eigenvalue weighted by Gasteiger charge is 2.17. The molecule has 0 N–H and O–H groups in total. The number of carbonyl (C=O) groups excluding carboxylic acids is 1. The lowest BCUT2D eigenvalue weighted by Crippen LogP contribution is -2.09. The standard InChI is InChI=1S/C33H25N3O2/c1-3-33(37)38-32-16-10-15-28(29(32)23-34)31-22-21-30(35(31)2)24-17-19-27(20-18-24)36(25-11-6-4-7-12-25)26-13-8-5-9-14-26/h3-22H,1H2,2H3. The van der Waals surface area contributed by atoms with Crippen molar-refractivity contribution in [2.45, 2.75) is 0 Å². The molecule has 0 radical (unpaired) electrons. The molecule has 184 valence electrons. The summed E-state index contributed by atoms with van der Waals surface area (Å²) in [5, 5.41) is 9.85. The number of esters is 1. The number of benzene rings is 4. The van der Waals surface area contributed by atoms with Crippen LogP contribution in [0.5, 0.6) is 5.75 Å². The van der Waals surface area contributed by atoms with Gasteiger partial charge in [0, 0.05) is 47.1 Å². The van der Waals surface area contributed by atoms with Crippen molar-refractivity contribution in [3.8, 4) is 34.3 Å². The molecule has 0 amide bonds. The highest BCUT2D eigenvalue weighted by atomic mass is 16.5. The molecule has 5 heteroatoms. The summed E-state index contributed by atoms with van der Waals surface area (Å²) in [6.45, 7) is 3.43. The molecule has 1 aromatic heterocycles. The number of nitrogens with zero attached hydrogens (tertiary/aromatic N) is 3. The summed E-state index contributed by atoms with van der Waals surface area (Å²) < 4.78 is 7.33. The minimum Gasteiger partial charge on any atom is -0.422 e. The number of anilines is 3. The maximum absolute atomic E-state index is 11.8. The second-order valence-electron chi connectivity index (χ2n) is 8.63. The Morgan fingerprint density at radius 3 is 1.95 bits per heavy atom. The van der Waals surface area contributed by atoms with Crippen LogP contribution >= 0.6 is 0 Å². The van der Waals surface area contributed by atoms with Crippen molar-refractivity contribution in [1.82, 2.24) is 4.57 Å². The van der Waals surface area contributed by atoms with E-state index in [2.05, 4.69) is 66.1 Å². The fraction of sp³-hybridized carbons (Fsp3) is 0.0303. The van der Waals surface area contributed by atoms with E-state index in [0.717, 1.165) is 40.1 Å². The molecular formula is C33H25N3O2. The van der Waals surface area contributed by atoms with Crippen LogP contribution in [0.4, 0.5) is 17.1 Å². The zero-order valence-electron chi connectivity index (χ0n) is 20.9. The van der Waals surface area contributed by atoms with Gasteiger partial charge in [-0.1, -0.05) is 67.2 Å². The Kier molecular flexibility index (Phi) is 6.88. The van der Waals surface area contributed by atoms with Gasteiger partial charge in [-0.3, -0.25) is 0 Å². The Labute approximate surface area is 222 Å². The summed E-state index contributed by atoms with van der Waals surface area (Å²) in [5.41, 5.74) is 7.06. The molecule has 0 aliphatic rings. The fourth-order valence-corrected chi connectivity index (χ4v) is 4.55. The van der Waals surface area contributed by atoms with Crippen molar-refractivity contribution in [3.05, 3.63) is 133 Å². The molecule has 0 fully saturated rings. The lowest BCUT2D eigenvalue weighted by atomic mass is 10.0. The van der Waals surface area contributed by atoms with Crippen LogP contribution in [0.3, 0.4) is 0 Å². The molecule has 1 heterocycles. The van der Waals surface area contributed by atoms with E-state index in [4.69, 9.17) is 4.74 Å². The Balaban J connectivity index is 1.51. The van der Waals surface area contributed by atoms with Crippen LogP contribution in [0, 0.1) is 11.3 Å². The molecule has 5 aromatic rings. The highest BCUT2D eigenvalue weighted by molar-refractivity contribution is 5.85. The van der Waals surface area contributed by atoms with Gasteiger partial charge in [-0.15, -0.1) is 0 Å². The average Bonchev–Trinajstić information content (AvgIpc) is 3.35. The topological polar surface area (TPSA) is 58.3 Å². The van der Waals surface area contributed by atoms with Gasteiger partial charge in [0.15, 0.2) is 0 Å². The molecule has 0 saturated heterocycles. The van der Waals surface area contributed by atoms with E-state index in [0.29, 0.717) is 11.1 Å². The summed E-state index contributed by atoms with van der Waals surface area (Å²) >= 11 is 0. The molecule has 0 unspecified atom stereocenters. The molecule has 0 spiro atoms. The van der Waals surface area contributed by atoms with E-state index >= 15 is 0 Å². The smallest absolute Gasteiger partial charge is 0.335 e. The van der Waals surface area contributed by atoms with Gasteiger partial charge < -0.3 is 14.2 Å². The number of carbonyl (C=O) groups is 1. The SMILES string of the molecule is C=CC(=O)Oc1cccc(-c2ccc(-c3ccc(N(c4ccccc4)c4ccccc4)cc3)n2C)c1C#N. The minimum atomic E-state index is -0.605. The average molecular weight is 496 g/mol. The van der Waals surface area contributed by atoms with E-state index in [-0.39, 0.29) is 5.75 Å². The molecule has 38 heavy (non-hydrogen) atoms. The van der Waals surface area contributed by atoms with E-state index in [9.17, 15) is 10.1 Å².